The summed E-state index contributed by atoms with van der Waals surface area (Å²) in [5.41, 5.74) is 1.26. The Morgan fingerprint density at radius 3 is 2.55 bits per heavy atom. The van der Waals surface area contributed by atoms with Crippen molar-refractivity contribution in [2.75, 3.05) is 64.0 Å². The van der Waals surface area contributed by atoms with Crippen molar-refractivity contribution in [1.82, 2.24) is 15.3 Å². The maximum absolute atomic E-state index is 12.0. The Bertz CT molecular complexity index is 1490. The number of amides is 1. The van der Waals surface area contributed by atoms with Crippen molar-refractivity contribution in [3.8, 4) is 22.8 Å². The number of methoxy groups -OCH3 is 2. The number of fused-ring (bicyclic) bond motifs is 1. The second-order valence-corrected chi connectivity index (χ2v) is 11.8. The van der Waals surface area contributed by atoms with Gasteiger partial charge in [-0.3, -0.25) is 4.79 Å². The summed E-state index contributed by atoms with van der Waals surface area (Å²) in [4.78, 5) is 24.1. The number of carbonyl (C=O) groups is 1. The number of aromatic nitrogens is 2. The topological polar surface area (TPSA) is 107 Å². The highest BCUT2D eigenvalue weighted by molar-refractivity contribution is 6.41. The van der Waals surface area contributed by atoms with Crippen LogP contribution in [0.25, 0.3) is 22.0 Å². The summed E-state index contributed by atoms with van der Waals surface area (Å²) < 4.78 is 22.4. The second-order valence-electron chi connectivity index (χ2n) is 11.0. The van der Waals surface area contributed by atoms with Crippen LogP contribution < -0.4 is 25.0 Å². The van der Waals surface area contributed by atoms with Crippen LogP contribution >= 0.6 is 23.2 Å². The van der Waals surface area contributed by atoms with Gasteiger partial charge in [-0.1, -0.05) is 29.8 Å². The van der Waals surface area contributed by atoms with Gasteiger partial charge in [0.1, 0.15) is 23.1 Å². The van der Waals surface area contributed by atoms with Crippen molar-refractivity contribution in [2.24, 2.45) is 5.41 Å². The van der Waals surface area contributed by atoms with Crippen molar-refractivity contribution in [3.63, 3.8) is 0 Å². The van der Waals surface area contributed by atoms with Gasteiger partial charge < -0.3 is 34.5 Å². The highest BCUT2D eigenvalue weighted by atomic mass is 35.5. The van der Waals surface area contributed by atoms with E-state index >= 15 is 0 Å². The third-order valence-corrected chi connectivity index (χ3v) is 9.01. The van der Waals surface area contributed by atoms with Crippen LogP contribution in [0.3, 0.4) is 0 Å². The lowest BCUT2D eigenvalue weighted by molar-refractivity contribution is -0.117. The van der Waals surface area contributed by atoms with Crippen molar-refractivity contribution < 1.29 is 23.7 Å². The smallest absolute Gasteiger partial charge is 0.243 e. The lowest BCUT2D eigenvalue weighted by Gasteiger charge is -2.48. The minimum atomic E-state index is -0.215. The van der Waals surface area contributed by atoms with E-state index in [4.69, 9.17) is 52.1 Å². The number of nitrogens with zero attached hydrogens (tertiary/aromatic N) is 3. The third kappa shape index (κ3) is 5.32. The summed E-state index contributed by atoms with van der Waals surface area (Å²) in [5.74, 6) is 2.12. The molecule has 0 radical (unpaired) electrons. The van der Waals surface area contributed by atoms with Crippen LogP contribution in [-0.4, -0.2) is 81.7 Å². The Morgan fingerprint density at radius 2 is 1.88 bits per heavy atom. The van der Waals surface area contributed by atoms with Crippen LogP contribution in [0, 0.1) is 5.41 Å². The van der Waals surface area contributed by atoms with Gasteiger partial charge in [-0.05, 0) is 31.1 Å². The Hall–Kier alpha value is -3.31. The molecule has 10 nitrogen and oxygen atoms in total. The van der Waals surface area contributed by atoms with E-state index in [0.717, 1.165) is 49.3 Å². The molecule has 1 aromatic carbocycles. The zero-order valence-electron chi connectivity index (χ0n) is 23.5. The first kappa shape index (κ1) is 28.8. The van der Waals surface area contributed by atoms with Crippen molar-refractivity contribution >= 4 is 51.5 Å². The van der Waals surface area contributed by atoms with Gasteiger partial charge in [0, 0.05) is 60.3 Å². The predicted molar refractivity (Wildman–Crippen MR) is 163 cm³/mol. The molecule has 3 aromatic rings. The minimum Gasteiger partial charge on any atom is -0.495 e. The molecule has 5 heterocycles. The molecule has 3 aliphatic rings. The van der Waals surface area contributed by atoms with Gasteiger partial charge in [-0.15, -0.1) is 0 Å². The van der Waals surface area contributed by atoms with E-state index in [9.17, 15) is 4.79 Å². The first-order valence-electron chi connectivity index (χ1n) is 13.9. The quantitative estimate of drug-likeness (QED) is 0.349. The molecule has 3 saturated heterocycles. The Balaban J connectivity index is 1.41. The Kier molecular flexibility index (Phi) is 8.06. The van der Waals surface area contributed by atoms with E-state index in [1.165, 1.54) is 6.08 Å². The molecule has 0 aliphatic carbocycles. The summed E-state index contributed by atoms with van der Waals surface area (Å²) >= 11 is 13.6. The average Bonchev–Trinajstić information content (AvgIpc) is 3.48. The normalized spacial score (nSPS) is 21.2. The number of rotatable bonds is 8. The summed E-state index contributed by atoms with van der Waals surface area (Å²) in [5, 5.41) is 8.97. The molecule has 3 fully saturated rings. The summed E-state index contributed by atoms with van der Waals surface area (Å²) in [6.07, 6.45) is 4.80. The molecular weight excluding hydrogens is 581 g/mol. The second kappa shape index (κ2) is 11.8. The molecule has 222 valence electrons. The molecule has 12 heteroatoms. The van der Waals surface area contributed by atoms with Gasteiger partial charge in [0.05, 0.1) is 55.3 Å². The number of pyridine rings is 2. The molecule has 3 aliphatic heterocycles. The fourth-order valence-electron chi connectivity index (χ4n) is 5.98. The van der Waals surface area contributed by atoms with Crippen molar-refractivity contribution in [1.29, 1.82) is 0 Å². The molecule has 42 heavy (non-hydrogen) atoms. The summed E-state index contributed by atoms with van der Waals surface area (Å²) in [6, 6.07) is 5.30. The minimum absolute atomic E-state index is 0.119. The molecule has 2 atom stereocenters. The molecule has 0 bridgehead atoms. The lowest BCUT2D eigenvalue weighted by atomic mass is 9.79. The zero-order valence-corrected chi connectivity index (χ0v) is 25.1. The number of benzene rings is 1. The van der Waals surface area contributed by atoms with E-state index in [1.807, 2.05) is 12.1 Å². The monoisotopic (exact) mass is 613 g/mol. The third-order valence-electron chi connectivity index (χ3n) is 8.26. The Morgan fingerprint density at radius 1 is 1.12 bits per heavy atom. The Labute approximate surface area is 254 Å². The lowest BCUT2D eigenvalue weighted by Crippen LogP contribution is -2.57. The molecule has 0 saturated carbocycles. The number of carbonyl (C=O) groups excluding carboxylic acids is 1. The first-order valence-corrected chi connectivity index (χ1v) is 14.6. The highest BCUT2D eigenvalue weighted by Gasteiger charge is 2.47. The van der Waals surface area contributed by atoms with E-state index < -0.39 is 0 Å². The maximum atomic E-state index is 12.0. The maximum Gasteiger partial charge on any atom is 0.243 e. The van der Waals surface area contributed by atoms with Gasteiger partial charge in [0.15, 0.2) is 0 Å². The van der Waals surface area contributed by atoms with Crippen LogP contribution in [0.1, 0.15) is 12.8 Å². The standard InChI is InChI=1S/C30H33Cl2N5O5/c1-4-25(38)35-19-5-7-41-13-21(19)34-24-10-18-17(12-33-24)9-20(26-27(31)22(39-2)11-23(40-3)28(26)32)36-29(18)37-14-30(15-37)6-8-42-16-30/h4,9-12,19,21H,1,5-8,13-16H2,2-3H3,(H,33,34)(H,35,38)/t19-,21+/m0/s1. The number of halogens is 2. The molecule has 1 amide bonds. The van der Waals surface area contributed by atoms with Crippen LogP contribution in [0.5, 0.6) is 11.5 Å². The molecular formula is C30H33Cl2N5O5. The van der Waals surface area contributed by atoms with Gasteiger partial charge >= 0.3 is 0 Å². The van der Waals surface area contributed by atoms with E-state index in [-0.39, 0.29) is 23.4 Å². The largest absolute Gasteiger partial charge is 0.495 e. The molecule has 1 spiro atoms. The van der Waals surface area contributed by atoms with E-state index in [0.29, 0.717) is 58.3 Å². The zero-order chi connectivity index (χ0) is 29.4. The predicted octanol–water partition coefficient (Wildman–Crippen LogP) is 4.72. The SMILES string of the molecule is C=CC(=O)N[C@H]1CCOC[C@H]1Nc1cc2c(N3CC4(CCOC4)C3)nc(-c3c(Cl)c(OC)cc(OC)c3Cl)cc2cn1. The van der Waals surface area contributed by atoms with E-state index in [2.05, 4.69) is 22.1 Å². The summed E-state index contributed by atoms with van der Waals surface area (Å²) in [6.45, 7) is 7.77. The van der Waals surface area contributed by atoms with Crippen LogP contribution in [0.2, 0.25) is 10.0 Å². The van der Waals surface area contributed by atoms with Crippen molar-refractivity contribution in [2.45, 2.75) is 24.9 Å². The van der Waals surface area contributed by atoms with Crippen molar-refractivity contribution in [3.05, 3.63) is 47.1 Å². The van der Waals surface area contributed by atoms with Gasteiger partial charge in [-0.2, -0.15) is 0 Å². The number of hydrogen-bond donors (Lipinski definition) is 2. The first-order chi connectivity index (χ1) is 20.3. The molecule has 6 rings (SSSR count). The fraction of sp³-hybridized carbons (Fsp3) is 0.433. The molecule has 2 aromatic heterocycles. The van der Waals surface area contributed by atoms with Gasteiger partial charge in [0.2, 0.25) is 5.91 Å². The molecule has 0 unspecified atom stereocenters. The highest BCUT2D eigenvalue weighted by Crippen LogP contribution is 2.48. The number of anilines is 2. The number of hydrogen-bond acceptors (Lipinski definition) is 9. The van der Waals surface area contributed by atoms with E-state index in [1.54, 1.807) is 26.5 Å². The molecule has 2 N–H and O–H groups in total. The average molecular weight is 615 g/mol. The van der Waals surface area contributed by atoms with Crippen LogP contribution in [0.4, 0.5) is 11.6 Å². The van der Waals surface area contributed by atoms with Crippen LogP contribution in [0.15, 0.2) is 37.1 Å². The number of ether oxygens (including phenoxy) is 4. The summed E-state index contributed by atoms with van der Waals surface area (Å²) in [7, 11) is 3.09. The van der Waals surface area contributed by atoms with Gasteiger partial charge in [-0.25, -0.2) is 9.97 Å². The van der Waals surface area contributed by atoms with Gasteiger partial charge in [0.25, 0.3) is 0 Å². The fourth-order valence-corrected chi connectivity index (χ4v) is 6.68. The van der Waals surface area contributed by atoms with Crippen LogP contribution in [-0.2, 0) is 14.3 Å². The number of nitrogens with one attached hydrogen (secondary N) is 2.